The number of aliphatic imine (C=N–C) groups is 1. The molecule has 1 aliphatic rings. The van der Waals surface area contributed by atoms with Gasteiger partial charge in [-0.05, 0) is 18.6 Å². The maximum atomic E-state index is 5.85. The van der Waals surface area contributed by atoms with E-state index in [0.29, 0.717) is 26.3 Å². The Hall–Kier alpha value is -1.10. The van der Waals surface area contributed by atoms with Crippen LogP contribution in [0.15, 0.2) is 23.2 Å². The van der Waals surface area contributed by atoms with Crippen molar-refractivity contribution in [3.8, 4) is 5.75 Å². The van der Waals surface area contributed by atoms with E-state index in [1.165, 1.54) is 0 Å². The van der Waals surface area contributed by atoms with Crippen molar-refractivity contribution < 1.29 is 18.9 Å². The second-order valence-electron chi connectivity index (χ2n) is 6.73. The molecule has 0 unspecified atom stereocenters. The Morgan fingerprint density at radius 3 is 2.57 bits per heavy atom. The lowest BCUT2D eigenvalue weighted by Crippen LogP contribution is -2.50. The van der Waals surface area contributed by atoms with Gasteiger partial charge in [0, 0.05) is 66.0 Å². The molecule has 0 bridgehead atoms. The summed E-state index contributed by atoms with van der Waals surface area (Å²) in [5, 5.41) is 6.74. The van der Waals surface area contributed by atoms with Crippen molar-refractivity contribution >= 4 is 29.9 Å². The van der Waals surface area contributed by atoms with Gasteiger partial charge in [0.15, 0.2) is 5.96 Å². The van der Waals surface area contributed by atoms with E-state index in [1.807, 2.05) is 6.07 Å². The molecule has 1 aliphatic heterocycles. The second-order valence-corrected chi connectivity index (χ2v) is 6.73. The van der Waals surface area contributed by atoms with Crippen LogP contribution in [-0.4, -0.2) is 65.8 Å². The largest absolute Gasteiger partial charge is 0.491 e. The minimum absolute atomic E-state index is 0. The third-order valence-electron chi connectivity index (χ3n) is 4.85. The number of hydrogen-bond donors (Lipinski definition) is 2. The highest BCUT2D eigenvalue weighted by Crippen LogP contribution is 2.23. The van der Waals surface area contributed by atoms with Gasteiger partial charge >= 0.3 is 0 Å². The zero-order chi connectivity index (χ0) is 19.5. The summed E-state index contributed by atoms with van der Waals surface area (Å²) in [6.45, 7) is 5.91. The number of hydrogen-bond acceptors (Lipinski definition) is 5. The van der Waals surface area contributed by atoms with Crippen molar-refractivity contribution in [2.24, 2.45) is 4.99 Å². The molecule has 2 rings (SSSR count). The number of halogens is 1. The van der Waals surface area contributed by atoms with Crippen LogP contribution in [0.25, 0.3) is 0 Å². The smallest absolute Gasteiger partial charge is 0.191 e. The minimum Gasteiger partial charge on any atom is -0.491 e. The number of guanidine groups is 1. The van der Waals surface area contributed by atoms with Gasteiger partial charge in [0.2, 0.25) is 0 Å². The van der Waals surface area contributed by atoms with Gasteiger partial charge < -0.3 is 29.6 Å². The molecule has 160 valence electrons. The van der Waals surface area contributed by atoms with Crippen LogP contribution in [-0.2, 0) is 20.8 Å². The summed E-state index contributed by atoms with van der Waals surface area (Å²) in [6.07, 6.45) is 1.76. The highest BCUT2D eigenvalue weighted by Gasteiger charge is 2.32. The minimum atomic E-state index is -0.200. The van der Waals surface area contributed by atoms with Gasteiger partial charge in [-0.25, -0.2) is 0 Å². The van der Waals surface area contributed by atoms with Crippen molar-refractivity contribution in [3.05, 3.63) is 29.3 Å². The first kappa shape index (κ1) is 24.9. The normalized spacial score (nSPS) is 16.2. The lowest BCUT2D eigenvalue weighted by molar-refractivity contribution is -0.0855. The molecule has 2 N–H and O–H groups in total. The summed E-state index contributed by atoms with van der Waals surface area (Å²) in [4.78, 5) is 4.32. The van der Waals surface area contributed by atoms with Gasteiger partial charge in [0.25, 0.3) is 0 Å². The molecule has 0 aromatic heterocycles. The predicted octanol–water partition coefficient (Wildman–Crippen LogP) is 2.50. The molecule has 1 heterocycles. The first-order chi connectivity index (χ1) is 13.1. The highest BCUT2D eigenvalue weighted by atomic mass is 127. The van der Waals surface area contributed by atoms with E-state index in [-0.39, 0.29) is 29.6 Å². The summed E-state index contributed by atoms with van der Waals surface area (Å²) < 4.78 is 22.1. The quantitative estimate of drug-likeness (QED) is 0.232. The Morgan fingerprint density at radius 1 is 1.18 bits per heavy atom. The van der Waals surface area contributed by atoms with Gasteiger partial charge in [-0.15, -0.1) is 24.0 Å². The van der Waals surface area contributed by atoms with E-state index in [4.69, 9.17) is 18.9 Å². The Labute approximate surface area is 185 Å². The number of rotatable bonds is 9. The average molecular weight is 507 g/mol. The van der Waals surface area contributed by atoms with Gasteiger partial charge in [-0.2, -0.15) is 0 Å². The summed E-state index contributed by atoms with van der Waals surface area (Å²) in [5.74, 6) is 1.61. The SMILES string of the molecule is CN=C(NCc1ccc(C)cc1OCCOC)NCC1(OC)CCOCC1.I. The number of ether oxygens (including phenoxy) is 4. The molecule has 8 heteroatoms. The Kier molecular flexibility index (Phi) is 11.7. The molecule has 1 aromatic rings. The van der Waals surface area contributed by atoms with E-state index in [1.54, 1.807) is 21.3 Å². The fourth-order valence-corrected chi connectivity index (χ4v) is 3.02. The molecule has 0 amide bonds. The molecule has 7 nitrogen and oxygen atoms in total. The number of nitrogens with one attached hydrogen (secondary N) is 2. The molecule has 1 saturated heterocycles. The summed E-state index contributed by atoms with van der Waals surface area (Å²) >= 11 is 0. The monoisotopic (exact) mass is 507 g/mol. The van der Waals surface area contributed by atoms with E-state index >= 15 is 0 Å². The van der Waals surface area contributed by atoms with Gasteiger partial charge in [0.05, 0.1) is 12.2 Å². The fraction of sp³-hybridized carbons (Fsp3) is 0.650. The zero-order valence-corrected chi connectivity index (χ0v) is 19.7. The van der Waals surface area contributed by atoms with Crippen molar-refractivity contribution in [2.45, 2.75) is 31.9 Å². The second kappa shape index (κ2) is 13.2. The van der Waals surface area contributed by atoms with E-state index < -0.39 is 0 Å². The third kappa shape index (κ3) is 7.73. The number of aryl methyl sites for hydroxylation is 1. The molecule has 1 aromatic carbocycles. The van der Waals surface area contributed by atoms with E-state index in [0.717, 1.165) is 48.9 Å². The number of benzene rings is 1. The van der Waals surface area contributed by atoms with Crippen LogP contribution >= 0.6 is 24.0 Å². The predicted molar refractivity (Wildman–Crippen MR) is 122 cm³/mol. The maximum Gasteiger partial charge on any atom is 0.191 e. The van der Waals surface area contributed by atoms with Gasteiger partial charge in [0.1, 0.15) is 12.4 Å². The molecule has 0 atom stereocenters. The van der Waals surface area contributed by atoms with Gasteiger partial charge in [-0.3, -0.25) is 4.99 Å². The van der Waals surface area contributed by atoms with Crippen LogP contribution in [0.2, 0.25) is 0 Å². The molecule has 0 spiro atoms. The Bertz CT molecular complexity index is 607. The molecule has 0 aliphatic carbocycles. The Morgan fingerprint density at radius 2 is 1.93 bits per heavy atom. The van der Waals surface area contributed by atoms with Crippen molar-refractivity contribution in [1.29, 1.82) is 0 Å². The average Bonchev–Trinajstić information content (AvgIpc) is 2.70. The maximum absolute atomic E-state index is 5.85. The van der Waals surface area contributed by atoms with E-state index in [9.17, 15) is 0 Å². The Balaban J connectivity index is 0.00000392. The van der Waals surface area contributed by atoms with Crippen molar-refractivity contribution in [1.82, 2.24) is 10.6 Å². The van der Waals surface area contributed by atoms with Crippen LogP contribution in [0, 0.1) is 6.92 Å². The first-order valence-electron chi connectivity index (χ1n) is 9.41. The molecular weight excluding hydrogens is 473 g/mol. The number of nitrogens with zero attached hydrogens (tertiary/aromatic N) is 1. The third-order valence-corrected chi connectivity index (χ3v) is 4.85. The summed E-state index contributed by atoms with van der Waals surface area (Å²) in [6, 6.07) is 6.20. The molecular formula is C20H34IN3O4. The van der Waals surface area contributed by atoms with Crippen LogP contribution in [0.5, 0.6) is 5.75 Å². The fourth-order valence-electron chi connectivity index (χ4n) is 3.02. The first-order valence-corrected chi connectivity index (χ1v) is 9.41. The number of methoxy groups -OCH3 is 2. The lowest BCUT2D eigenvalue weighted by atomic mass is 9.94. The molecule has 28 heavy (non-hydrogen) atoms. The van der Waals surface area contributed by atoms with Crippen molar-refractivity contribution in [2.75, 3.05) is 54.2 Å². The topological polar surface area (TPSA) is 73.3 Å². The summed E-state index contributed by atoms with van der Waals surface area (Å²) in [5.41, 5.74) is 2.04. The van der Waals surface area contributed by atoms with Crippen LogP contribution < -0.4 is 15.4 Å². The zero-order valence-electron chi connectivity index (χ0n) is 17.4. The molecule has 0 saturated carbocycles. The summed E-state index contributed by atoms with van der Waals surface area (Å²) in [7, 11) is 5.20. The van der Waals surface area contributed by atoms with Crippen LogP contribution in [0.3, 0.4) is 0 Å². The van der Waals surface area contributed by atoms with Crippen LogP contribution in [0.4, 0.5) is 0 Å². The lowest BCUT2D eigenvalue weighted by Gasteiger charge is -2.36. The van der Waals surface area contributed by atoms with Crippen LogP contribution in [0.1, 0.15) is 24.0 Å². The highest BCUT2D eigenvalue weighted by molar-refractivity contribution is 14.0. The molecule has 1 fully saturated rings. The van der Waals surface area contributed by atoms with E-state index in [2.05, 4.69) is 34.7 Å². The van der Waals surface area contributed by atoms with Crippen molar-refractivity contribution in [3.63, 3.8) is 0 Å². The van der Waals surface area contributed by atoms with Gasteiger partial charge in [-0.1, -0.05) is 12.1 Å². The molecule has 0 radical (unpaired) electrons. The standard InChI is InChI=1S/C20H33N3O4.HI/c1-16-5-6-17(18(13-16)27-12-11-24-3)14-22-19(21-2)23-15-20(25-4)7-9-26-10-8-20;/h5-6,13H,7-12,14-15H2,1-4H3,(H2,21,22,23);1H.